The van der Waals surface area contributed by atoms with Crippen molar-refractivity contribution in [1.29, 1.82) is 0 Å². The van der Waals surface area contributed by atoms with Crippen LogP contribution < -0.4 is 11.0 Å². The number of H-pyrrole nitrogens is 1. The summed E-state index contributed by atoms with van der Waals surface area (Å²) in [7, 11) is 0. The summed E-state index contributed by atoms with van der Waals surface area (Å²) in [6.07, 6.45) is 0.987. The van der Waals surface area contributed by atoms with Gasteiger partial charge in [0, 0.05) is 18.6 Å². The van der Waals surface area contributed by atoms with E-state index in [4.69, 9.17) is 0 Å². The molecule has 1 aromatic carbocycles. The van der Waals surface area contributed by atoms with E-state index in [1.807, 2.05) is 16.7 Å². The Labute approximate surface area is 112 Å². The van der Waals surface area contributed by atoms with E-state index >= 15 is 0 Å². The van der Waals surface area contributed by atoms with Gasteiger partial charge in [0.1, 0.15) is 0 Å². The molecule has 0 bridgehead atoms. The highest BCUT2D eigenvalue weighted by molar-refractivity contribution is 5.80. The normalized spacial score (nSPS) is 22.9. The summed E-state index contributed by atoms with van der Waals surface area (Å²) in [5.41, 5.74) is 3.33. The highest BCUT2D eigenvalue weighted by Crippen LogP contribution is 2.31. The molecule has 4 heteroatoms. The Morgan fingerprint density at radius 1 is 1.42 bits per heavy atom. The zero-order valence-corrected chi connectivity index (χ0v) is 11.7. The molecule has 19 heavy (non-hydrogen) atoms. The number of aromatic nitrogens is 2. The van der Waals surface area contributed by atoms with Crippen molar-refractivity contribution in [3.8, 4) is 0 Å². The summed E-state index contributed by atoms with van der Waals surface area (Å²) in [4.78, 5) is 15.0. The molecule has 4 nitrogen and oxygen atoms in total. The number of benzene rings is 1. The minimum atomic E-state index is 0.0137. The number of hydrogen-bond donors (Lipinski definition) is 2. The third kappa shape index (κ3) is 2.00. The fourth-order valence-electron chi connectivity index (χ4n) is 3.22. The summed E-state index contributed by atoms with van der Waals surface area (Å²) < 4.78 is 1.89. The molecule has 102 valence electrons. The lowest BCUT2D eigenvalue weighted by atomic mass is 9.91. The molecule has 0 aliphatic carbocycles. The van der Waals surface area contributed by atoms with E-state index < -0.39 is 0 Å². The van der Waals surface area contributed by atoms with Crippen molar-refractivity contribution in [2.24, 2.45) is 0 Å². The Bertz CT molecular complexity index is 653. The second-order valence-corrected chi connectivity index (χ2v) is 5.83. The van der Waals surface area contributed by atoms with Crippen LogP contribution >= 0.6 is 0 Å². The van der Waals surface area contributed by atoms with Crippen molar-refractivity contribution in [2.45, 2.75) is 51.7 Å². The van der Waals surface area contributed by atoms with Crippen LogP contribution in [-0.2, 0) is 6.54 Å². The summed E-state index contributed by atoms with van der Waals surface area (Å²) in [6.45, 7) is 7.38. The third-order valence-corrected chi connectivity index (χ3v) is 4.13. The molecule has 1 aliphatic rings. The van der Waals surface area contributed by atoms with Gasteiger partial charge in [-0.3, -0.25) is 4.57 Å². The van der Waals surface area contributed by atoms with Gasteiger partial charge in [0.05, 0.1) is 11.0 Å². The minimum absolute atomic E-state index is 0.0137. The lowest BCUT2D eigenvalue weighted by Gasteiger charge is -2.26. The molecule has 2 unspecified atom stereocenters. The van der Waals surface area contributed by atoms with Crippen molar-refractivity contribution in [2.75, 3.05) is 0 Å². The maximum absolute atomic E-state index is 12.0. The number of aromatic amines is 1. The zero-order valence-electron chi connectivity index (χ0n) is 11.7. The van der Waals surface area contributed by atoms with E-state index in [1.54, 1.807) is 0 Å². The molecule has 2 heterocycles. The Hall–Kier alpha value is -1.55. The van der Waals surface area contributed by atoms with Gasteiger partial charge in [-0.05, 0) is 24.0 Å². The zero-order chi connectivity index (χ0) is 13.6. The number of imidazole rings is 1. The molecule has 0 radical (unpaired) electrons. The first-order valence-electron chi connectivity index (χ1n) is 7.05. The molecular formula is C15H21N3O. The Morgan fingerprint density at radius 2 is 2.21 bits per heavy atom. The van der Waals surface area contributed by atoms with Crippen molar-refractivity contribution >= 4 is 11.0 Å². The summed E-state index contributed by atoms with van der Waals surface area (Å²) in [5, 5.41) is 3.63. The average Bonchev–Trinajstić information content (AvgIpc) is 2.61. The molecule has 0 amide bonds. The van der Waals surface area contributed by atoms with Gasteiger partial charge in [0.2, 0.25) is 0 Å². The molecule has 0 saturated heterocycles. The fourth-order valence-corrected chi connectivity index (χ4v) is 3.22. The quantitative estimate of drug-likeness (QED) is 0.868. The number of nitrogens with zero attached hydrogens (tertiary/aromatic N) is 1. The topological polar surface area (TPSA) is 49.8 Å². The van der Waals surface area contributed by atoms with Crippen LogP contribution in [0.2, 0.25) is 0 Å². The molecule has 2 atom stereocenters. The van der Waals surface area contributed by atoms with E-state index in [0.29, 0.717) is 18.0 Å². The van der Waals surface area contributed by atoms with Crippen LogP contribution in [0.3, 0.4) is 0 Å². The first-order chi connectivity index (χ1) is 9.08. The van der Waals surface area contributed by atoms with Crippen LogP contribution in [0.1, 0.15) is 38.7 Å². The molecule has 3 rings (SSSR count). The average molecular weight is 259 g/mol. The monoisotopic (exact) mass is 259 g/mol. The Balaban J connectivity index is 2.14. The van der Waals surface area contributed by atoms with E-state index in [2.05, 4.69) is 37.1 Å². The van der Waals surface area contributed by atoms with Gasteiger partial charge >= 0.3 is 5.69 Å². The molecule has 2 aromatic rings. The molecule has 0 spiro atoms. The Kier molecular flexibility index (Phi) is 2.97. The fraction of sp³-hybridized carbons (Fsp3) is 0.533. The highest BCUT2D eigenvalue weighted by Gasteiger charge is 2.26. The lowest BCUT2D eigenvalue weighted by molar-refractivity contribution is 0.383. The summed E-state index contributed by atoms with van der Waals surface area (Å²) in [6, 6.07) is 7.05. The van der Waals surface area contributed by atoms with Gasteiger partial charge < -0.3 is 10.3 Å². The van der Waals surface area contributed by atoms with Gasteiger partial charge in [-0.25, -0.2) is 4.79 Å². The van der Waals surface area contributed by atoms with Crippen LogP contribution in [-0.4, -0.2) is 21.6 Å². The van der Waals surface area contributed by atoms with Crippen LogP contribution in [0.5, 0.6) is 0 Å². The smallest absolute Gasteiger partial charge is 0.311 e. The number of hydrogen-bond acceptors (Lipinski definition) is 2. The van der Waals surface area contributed by atoms with Crippen molar-refractivity contribution < 1.29 is 0 Å². The first kappa shape index (κ1) is 12.5. The molecule has 0 fully saturated rings. The maximum Gasteiger partial charge on any atom is 0.326 e. The van der Waals surface area contributed by atoms with Gasteiger partial charge in [-0.1, -0.05) is 32.9 Å². The molecule has 0 saturated carbocycles. The largest absolute Gasteiger partial charge is 0.326 e. The lowest BCUT2D eigenvalue weighted by Crippen LogP contribution is -2.38. The number of aryl methyl sites for hydroxylation is 1. The SMILES string of the molecule is CC(C)NC1CCn2c(=O)[nH]c3cccc(c32)C1C. The molecule has 2 N–H and O–H groups in total. The van der Waals surface area contributed by atoms with Gasteiger partial charge in [-0.2, -0.15) is 0 Å². The standard InChI is InChI=1S/C15H21N3O/c1-9(2)16-12-7-8-18-14-11(10(12)3)5-4-6-13(14)17-15(18)19/h4-6,9-10,12,16H,7-8H2,1-3H3,(H,17,19). The third-order valence-electron chi connectivity index (χ3n) is 4.13. The van der Waals surface area contributed by atoms with E-state index in [-0.39, 0.29) is 5.69 Å². The van der Waals surface area contributed by atoms with Gasteiger partial charge in [0.15, 0.2) is 0 Å². The predicted octanol–water partition coefficient (Wildman–Crippen LogP) is 2.20. The number of para-hydroxylation sites is 1. The van der Waals surface area contributed by atoms with E-state index in [9.17, 15) is 4.79 Å². The van der Waals surface area contributed by atoms with E-state index in [0.717, 1.165) is 24.0 Å². The van der Waals surface area contributed by atoms with Crippen LogP contribution in [0.4, 0.5) is 0 Å². The second kappa shape index (κ2) is 4.53. The summed E-state index contributed by atoms with van der Waals surface area (Å²) >= 11 is 0. The van der Waals surface area contributed by atoms with Crippen molar-refractivity contribution in [3.63, 3.8) is 0 Å². The number of nitrogens with one attached hydrogen (secondary N) is 2. The molecular weight excluding hydrogens is 238 g/mol. The van der Waals surface area contributed by atoms with Gasteiger partial charge in [0.25, 0.3) is 0 Å². The van der Waals surface area contributed by atoms with Crippen molar-refractivity contribution in [1.82, 2.24) is 14.9 Å². The second-order valence-electron chi connectivity index (χ2n) is 5.83. The van der Waals surface area contributed by atoms with Crippen molar-refractivity contribution in [3.05, 3.63) is 34.2 Å². The maximum atomic E-state index is 12.0. The first-order valence-corrected chi connectivity index (χ1v) is 7.05. The van der Waals surface area contributed by atoms with E-state index in [1.165, 1.54) is 5.56 Å². The summed E-state index contributed by atoms with van der Waals surface area (Å²) in [5.74, 6) is 0.412. The Morgan fingerprint density at radius 3 is 2.95 bits per heavy atom. The minimum Gasteiger partial charge on any atom is -0.311 e. The van der Waals surface area contributed by atoms with Crippen LogP contribution in [0, 0.1) is 0 Å². The van der Waals surface area contributed by atoms with Gasteiger partial charge in [-0.15, -0.1) is 0 Å². The highest BCUT2D eigenvalue weighted by atomic mass is 16.1. The predicted molar refractivity (Wildman–Crippen MR) is 77.7 cm³/mol. The van der Waals surface area contributed by atoms with Crippen LogP contribution in [0.15, 0.2) is 23.0 Å². The molecule has 1 aliphatic heterocycles. The molecule has 1 aromatic heterocycles. The van der Waals surface area contributed by atoms with Crippen LogP contribution in [0.25, 0.3) is 11.0 Å². The number of rotatable bonds is 2.